The molecule has 2 aromatic heterocycles. The summed E-state index contributed by atoms with van der Waals surface area (Å²) in [6.45, 7) is 1.85. The molecule has 0 atom stereocenters. The Balaban J connectivity index is 2.34. The lowest BCUT2D eigenvalue weighted by Gasteiger charge is -2.15. The number of pyridine rings is 1. The van der Waals surface area contributed by atoms with Gasteiger partial charge in [0.2, 0.25) is 5.88 Å². The van der Waals surface area contributed by atoms with Gasteiger partial charge in [-0.2, -0.15) is 5.10 Å². The predicted octanol–water partition coefficient (Wildman–Crippen LogP) is 1.41. The maximum absolute atomic E-state index is 12.4. The molecule has 6 heteroatoms. The van der Waals surface area contributed by atoms with E-state index in [-0.39, 0.29) is 5.91 Å². The fourth-order valence-electron chi connectivity index (χ4n) is 1.72. The Morgan fingerprint density at radius 1 is 1.37 bits per heavy atom. The van der Waals surface area contributed by atoms with Crippen LogP contribution in [0.15, 0.2) is 24.4 Å². The van der Waals surface area contributed by atoms with Crippen LogP contribution in [0.3, 0.4) is 0 Å². The number of aryl methyl sites for hydroxylation is 2. The van der Waals surface area contributed by atoms with Crippen LogP contribution in [-0.2, 0) is 7.05 Å². The van der Waals surface area contributed by atoms with Crippen molar-refractivity contribution in [1.29, 1.82) is 0 Å². The third-order valence-electron chi connectivity index (χ3n) is 2.77. The van der Waals surface area contributed by atoms with Crippen molar-refractivity contribution in [1.82, 2.24) is 14.8 Å². The summed E-state index contributed by atoms with van der Waals surface area (Å²) in [5, 5.41) is 4.19. The number of carbonyl (C=O) groups excluding carboxylic acids is 1. The second-order valence-corrected chi connectivity index (χ2v) is 4.22. The normalized spacial score (nSPS) is 10.3. The molecule has 0 radical (unpaired) electrons. The lowest BCUT2D eigenvalue weighted by Crippen LogP contribution is -2.27. The zero-order valence-electron chi connectivity index (χ0n) is 11.4. The standard InChI is InChI=1S/C13H16N4O2/c1-9-5-6-10(12(14-9)19-4)13(18)17(3)11-7-8-16(2)15-11/h5-8H,1-4H3. The molecule has 0 saturated carbocycles. The summed E-state index contributed by atoms with van der Waals surface area (Å²) in [6, 6.07) is 5.26. The highest BCUT2D eigenvalue weighted by atomic mass is 16.5. The maximum Gasteiger partial charge on any atom is 0.264 e. The van der Waals surface area contributed by atoms with Gasteiger partial charge < -0.3 is 4.74 Å². The van der Waals surface area contributed by atoms with Gasteiger partial charge in [-0.1, -0.05) is 0 Å². The second kappa shape index (κ2) is 5.09. The Morgan fingerprint density at radius 2 is 2.11 bits per heavy atom. The molecule has 2 aromatic rings. The third kappa shape index (κ3) is 2.57. The minimum absolute atomic E-state index is 0.206. The summed E-state index contributed by atoms with van der Waals surface area (Å²) in [5.41, 5.74) is 1.22. The van der Waals surface area contributed by atoms with Crippen LogP contribution in [-0.4, -0.2) is 34.8 Å². The molecule has 0 unspecified atom stereocenters. The number of hydrogen-bond acceptors (Lipinski definition) is 4. The molecule has 0 aliphatic carbocycles. The molecule has 0 fully saturated rings. The fraction of sp³-hybridized carbons (Fsp3) is 0.308. The van der Waals surface area contributed by atoms with Crippen molar-refractivity contribution < 1.29 is 9.53 Å². The molecule has 2 rings (SSSR count). The van der Waals surface area contributed by atoms with Crippen LogP contribution in [0, 0.1) is 6.92 Å². The number of amides is 1. The number of ether oxygens (including phenoxy) is 1. The van der Waals surface area contributed by atoms with Crippen molar-refractivity contribution in [2.75, 3.05) is 19.1 Å². The number of aromatic nitrogens is 3. The molecule has 0 saturated heterocycles. The van der Waals surface area contributed by atoms with Crippen LogP contribution in [0.25, 0.3) is 0 Å². The van der Waals surface area contributed by atoms with E-state index in [4.69, 9.17) is 4.74 Å². The van der Waals surface area contributed by atoms with Crippen LogP contribution >= 0.6 is 0 Å². The SMILES string of the molecule is COc1nc(C)ccc1C(=O)N(C)c1ccn(C)n1. The summed E-state index contributed by atoms with van der Waals surface area (Å²) in [7, 11) is 4.97. The number of carbonyl (C=O) groups is 1. The van der Waals surface area contributed by atoms with Crippen molar-refractivity contribution in [3.63, 3.8) is 0 Å². The van der Waals surface area contributed by atoms with E-state index < -0.39 is 0 Å². The van der Waals surface area contributed by atoms with E-state index in [1.54, 1.807) is 43.2 Å². The van der Waals surface area contributed by atoms with Crippen molar-refractivity contribution in [3.8, 4) is 5.88 Å². The van der Waals surface area contributed by atoms with Crippen LogP contribution in [0.2, 0.25) is 0 Å². The minimum Gasteiger partial charge on any atom is -0.480 e. The molecule has 0 N–H and O–H groups in total. The van der Waals surface area contributed by atoms with Gasteiger partial charge in [0.15, 0.2) is 5.82 Å². The first-order valence-corrected chi connectivity index (χ1v) is 5.82. The van der Waals surface area contributed by atoms with E-state index in [0.717, 1.165) is 5.69 Å². The van der Waals surface area contributed by atoms with Gasteiger partial charge in [0.05, 0.1) is 7.11 Å². The zero-order chi connectivity index (χ0) is 14.0. The van der Waals surface area contributed by atoms with E-state index in [9.17, 15) is 4.79 Å². The molecule has 0 aliphatic heterocycles. The smallest absolute Gasteiger partial charge is 0.264 e. The maximum atomic E-state index is 12.4. The molecule has 6 nitrogen and oxygen atoms in total. The Kier molecular flexibility index (Phi) is 3.50. The third-order valence-corrected chi connectivity index (χ3v) is 2.77. The van der Waals surface area contributed by atoms with Crippen LogP contribution < -0.4 is 9.64 Å². The van der Waals surface area contributed by atoms with Gasteiger partial charge in [0.25, 0.3) is 5.91 Å². The topological polar surface area (TPSA) is 60.2 Å². The van der Waals surface area contributed by atoms with E-state index in [1.165, 1.54) is 12.0 Å². The zero-order valence-corrected chi connectivity index (χ0v) is 11.4. The van der Waals surface area contributed by atoms with E-state index in [1.807, 2.05) is 6.92 Å². The quantitative estimate of drug-likeness (QED) is 0.837. The molecule has 0 spiro atoms. The van der Waals surface area contributed by atoms with Crippen LogP contribution in [0.5, 0.6) is 5.88 Å². The molecule has 2 heterocycles. The highest BCUT2D eigenvalue weighted by molar-refractivity contribution is 6.06. The summed E-state index contributed by atoms with van der Waals surface area (Å²) >= 11 is 0. The van der Waals surface area contributed by atoms with Crippen molar-refractivity contribution in [2.24, 2.45) is 7.05 Å². The number of hydrogen-bond donors (Lipinski definition) is 0. The van der Waals surface area contributed by atoms with Gasteiger partial charge in [0, 0.05) is 32.1 Å². The van der Waals surface area contributed by atoms with Gasteiger partial charge in [-0.25, -0.2) is 4.98 Å². The summed E-state index contributed by atoms with van der Waals surface area (Å²) in [5.74, 6) is 0.700. The van der Waals surface area contributed by atoms with Gasteiger partial charge >= 0.3 is 0 Å². The first-order valence-electron chi connectivity index (χ1n) is 5.82. The molecule has 19 heavy (non-hydrogen) atoms. The Bertz CT molecular complexity index is 606. The first-order chi connectivity index (χ1) is 9.02. The highest BCUT2D eigenvalue weighted by Crippen LogP contribution is 2.20. The summed E-state index contributed by atoms with van der Waals surface area (Å²) in [6.07, 6.45) is 1.78. The lowest BCUT2D eigenvalue weighted by atomic mass is 10.2. The number of nitrogens with zero attached hydrogens (tertiary/aromatic N) is 4. The average molecular weight is 260 g/mol. The highest BCUT2D eigenvalue weighted by Gasteiger charge is 2.20. The molecule has 1 amide bonds. The van der Waals surface area contributed by atoms with Crippen molar-refractivity contribution in [2.45, 2.75) is 6.92 Å². The van der Waals surface area contributed by atoms with Gasteiger partial charge in [0.1, 0.15) is 5.56 Å². The summed E-state index contributed by atoms with van der Waals surface area (Å²) in [4.78, 5) is 18.1. The van der Waals surface area contributed by atoms with Crippen LogP contribution in [0.4, 0.5) is 5.82 Å². The monoisotopic (exact) mass is 260 g/mol. The first kappa shape index (κ1) is 13.1. The second-order valence-electron chi connectivity index (χ2n) is 4.22. The lowest BCUT2D eigenvalue weighted by molar-refractivity contribution is 0.0988. The molecular formula is C13H16N4O2. The van der Waals surface area contributed by atoms with Gasteiger partial charge in [-0.05, 0) is 19.1 Å². The molecule has 0 aromatic carbocycles. The van der Waals surface area contributed by atoms with E-state index >= 15 is 0 Å². The van der Waals surface area contributed by atoms with E-state index in [2.05, 4.69) is 10.1 Å². The molecule has 0 aliphatic rings. The van der Waals surface area contributed by atoms with Crippen molar-refractivity contribution >= 4 is 11.7 Å². The largest absolute Gasteiger partial charge is 0.480 e. The Labute approximate surface area is 111 Å². The Morgan fingerprint density at radius 3 is 2.68 bits per heavy atom. The summed E-state index contributed by atoms with van der Waals surface area (Å²) < 4.78 is 6.80. The predicted molar refractivity (Wildman–Crippen MR) is 71.5 cm³/mol. The minimum atomic E-state index is -0.206. The van der Waals surface area contributed by atoms with Crippen LogP contribution in [0.1, 0.15) is 16.1 Å². The number of rotatable bonds is 3. The number of anilines is 1. The molecule has 100 valence electrons. The fourth-order valence-corrected chi connectivity index (χ4v) is 1.72. The van der Waals surface area contributed by atoms with Gasteiger partial charge in [-0.3, -0.25) is 14.4 Å². The van der Waals surface area contributed by atoms with E-state index in [0.29, 0.717) is 17.3 Å². The van der Waals surface area contributed by atoms with Gasteiger partial charge in [-0.15, -0.1) is 0 Å². The molecular weight excluding hydrogens is 244 g/mol. The number of methoxy groups -OCH3 is 1. The Hall–Kier alpha value is -2.37. The average Bonchev–Trinajstić information content (AvgIpc) is 2.83. The van der Waals surface area contributed by atoms with Crippen molar-refractivity contribution in [3.05, 3.63) is 35.7 Å². The molecule has 0 bridgehead atoms.